The topological polar surface area (TPSA) is 74.8 Å². The number of nitrogens with one attached hydrogen (secondary N) is 2. The highest BCUT2D eigenvalue weighted by molar-refractivity contribution is 6.30. The number of fused-ring (bicyclic) bond motifs is 1. The third kappa shape index (κ3) is 3.22. The van der Waals surface area contributed by atoms with Gasteiger partial charge in [-0.25, -0.2) is 5.10 Å². The van der Waals surface area contributed by atoms with Crippen LogP contribution in [-0.2, 0) is 5.54 Å². The van der Waals surface area contributed by atoms with E-state index < -0.39 is 5.54 Å². The van der Waals surface area contributed by atoms with E-state index in [1.165, 1.54) is 0 Å². The van der Waals surface area contributed by atoms with Crippen LogP contribution < -0.4 is 10.9 Å². The van der Waals surface area contributed by atoms with Crippen LogP contribution in [0.1, 0.15) is 42.7 Å². The molecule has 2 aromatic carbocycles. The van der Waals surface area contributed by atoms with Gasteiger partial charge in [0.05, 0.1) is 10.9 Å². The molecular formula is C20H20ClN3O2. The molecule has 5 nitrogen and oxygen atoms in total. The number of halogens is 1. The summed E-state index contributed by atoms with van der Waals surface area (Å²) >= 11 is 6.00. The van der Waals surface area contributed by atoms with E-state index in [1.54, 1.807) is 24.3 Å². The fourth-order valence-electron chi connectivity index (χ4n) is 3.24. The van der Waals surface area contributed by atoms with Gasteiger partial charge in [-0.3, -0.25) is 9.59 Å². The standard InChI is InChI=1S/C20H20ClN3O2/c1-3-20(4-2,13-9-11-14(21)12-10-13)22-19(26)17-15-7-5-6-8-16(15)18(25)24-23-17/h5-12H,3-4H2,1-2H3,(H,22,26)(H,24,25). The van der Waals surface area contributed by atoms with Crippen molar-refractivity contribution in [2.45, 2.75) is 32.2 Å². The molecule has 1 amide bonds. The lowest BCUT2D eigenvalue weighted by Gasteiger charge is -2.33. The summed E-state index contributed by atoms with van der Waals surface area (Å²) in [6, 6.07) is 14.4. The zero-order chi connectivity index (χ0) is 18.7. The smallest absolute Gasteiger partial charge is 0.273 e. The number of benzene rings is 2. The highest BCUT2D eigenvalue weighted by Crippen LogP contribution is 2.30. The predicted octanol–water partition coefficient (Wildman–Crippen LogP) is 4.02. The molecule has 0 aliphatic heterocycles. The van der Waals surface area contributed by atoms with E-state index in [-0.39, 0.29) is 17.2 Å². The van der Waals surface area contributed by atoms with E-state index in [0.717, 1.165) is 5.56 Å². The number of amides is 1. The molecule has 0 aliphatic carbocycles. The van der Waals surface area contributed by atoms with E-state index in [9.17, 15) is 9.59 Å². The first-order valence-electron chi connectivity index (χ1n) is 8.56. The molecule has 0 saturated heterocycles. The van der Waals surface area contributed by atoms with Crippen molar-refractivity contribution >= 4 is 28.3 Å². The molecular weight excluding hydrogens is 350 g/mol. The van der Waals surface area contributed by atoms with Gasteiger partial charge in [0.2, 0.25) is 0 Å². The van der Waals surface area contributed by atoms with Gasteiger partial charge >= 0.3 is 0 Å². The summed E-state index contributed by atoms with van der Waals surface area (Å²) in [6.45, 7) is 4.05. The molecule has 1 aromatic heterocycles. The highest BCUT2D eigenvalue weighted by atomic mass is 35.5. The van der Waals surface area contributed by atoms with Crippen LogP contribution in [-0.4, -0.2) is 16.1 Å². The number of rotatable bonds is 5. The van der Waals surface area contributed by atoms with Crippen molar-refractivity contribution in [1.29, 1.82) is 0 Å². The zero-order valence-electron chi connectivity index (χ0n) is 14.7. The summed E-state index contributed by atoms with van der Waals surface area (Å²) in [5.74, 6) is -0.323. The number of nitrogens with zero attached hydrogens (tertiary/aromatic N) is 1. The molecule has 3 aromatic rings. The molecule has 0 spiro atoms. The van der Waals surface area contributed by atoms with Crippen LogP contribution in [0.3, 0.4) is 0 Å². The van der Waals surface area contributed by atoms with E-state index in [4.69, 9.17) is 11.6 Å². The highest BCUT2D eigenvalue weighted by Gasteiger charge is 2.31. The number of carbonyl (C=O) groups is 1. The van der Waals surface area contributed by atoms with Gasteiger partial charge in [0.15, 0.2) is 5.69 Å². The Morgan fingerprint density at radius 2 is 1.69 bits per heavy atom. The fourth-order valence-corrected chi connectivity index (χ4v) is 3.37. The maximum Gasteiger partial charge on any atom is 0.273 e. The monoisotopic (exact) mass is 369 g/mol. The third-order valence-electron chi connectivity index (χ3n) is 4.87. The minimum absolute atomic E-state index is 0.209. The van der Waals surface area contributed by atoms with Crippen molar-refractivity contribution in [3.05, 3.63) is 75.2 Å². The molecule has 2 N–H and O–H groups in total. The number of hydrogen-bond acceptors (Lipinski definition) is 3. The third-order valence-corrected chi connectivity index (χ3v) is 5.12. The molecule has 0 bridgehead atoms. The van der Waals surface area contributed by atoms with Gasteiger partial charge in [0.25, 0.3) is 11.5 Å². The molecule has 3 rings (SSSR count). The van der Waals surface area contributed by atoms with Crippen molar-refractivity contribution in [2.75, 3.05) is 0 Å². The van der Waals surface area contributed by atoms with Crippen LogP contribution in [0.4, 0.5) is 0 Å². The number of carbonyl (C=O) groups excluding carboxylic acids is 1. The molecule has 26 heavy (non-hydrogen) atoms. The van der Waals surface area contributed by atoms with E-state index in [0.29, 0.717) is 28.6 Å². The van der Waals surface area contributed by atoms with E-state index in [2.05, 4.69) is 15.5 Å². The average molecular weight is 370 g/mol. The molecule has 0 fully saturated rings. The Hall–Kier alpha value is -2.66. The van der Waals surface area contributed by atoms with Gasteiger partial charge in [-0.2, -0.15) is 5.10 Å². The maximum atomic E-state index is 13.0. The summed E-state index contributed by atoms with van der Waals surface area (Å²) in [4.78, 5) is 25.0. The maximum absolute atomic E-state index is 13.0. The number of hydrogen-bond donors (Lipinski definition) is 2. The second kappa shape index (κ2) is 7.30. The molecule has 0 atom stereocenters. The summed E-state index contributed by atoms with van der Waals surface area (Å²) in [6.07, 6.45) is 1.41. The van der Waals surface area contributed by atoms with E-state index >= 15 is 0 Å². The largest absolute Gasteiger partial charge is 0.341 e. The molecule has 6 heteroatoms. The van der Waals surface area contributed by atoms with Crippen LogP contribution in [0.2, 0.25) is 5.02 Å². The van der Waals surface area contributed by atoms with Crippen molar-refractivity contribution in [3.63, 3.8) is 0 Å². The zero-order valence-corrected chi connectivity index (χ0v) is 15.4. The fraction of sp³-hybridized carbons (Fsp3) is 0.250. The Labute approximate surface area is 156 Å². The van der Waals surface area contributed by atoms with E-state index in [1.807, 2.05) is 38.1 Å². The molecule has 1 heterocycles. The normalized spacial score (nSPS) is 11.5. The van der Waals surface area contributed by atoms with Gasteiger partial charge in [-0.15, -0.1) is 0 Å². The Bertz CT molecular complexity index is 992. The average Bonchev–Trinajstić information content (AvgIpc) is 2.67. The predicted molar refractivity (Wildman–Crippen MR) is 104 cm³/mol. The van der Waals surface area contributed by atoms with Gasteiger partial charge in [-0.1, -0.05) is 55.8 Å². The molecule has 0 saturated carbocycles. The number of H-pyrrole nitrogens is 1. The van der Waals surface area contributed by atoms with Gasteiger partial charge in [-0.05, 0) is 36.6 Å². The lowest BCUT2D eigenvalue weighted by atomic mass is 9.84. The number of aromatic nitrogens is 2. The molecule has 0 unspecified atom stereocenters. The SMILES string of the molecule is CCC(CC)(NC(=O)c1n[nH]c(=O)c2ccccc12)c1ccc(Cl)cc1. The van der Waals surface area contributed by atoms with Gasteiger partial charge < -0.3 is 5.32 Å². The lowest BCUT2D eigenvalue weighted by Crippen LogP contribution is -2.45. The first kappa shape index (κ1) is 18.1. The Morgan fingerprint density at radius 1 is 1.08 bits per heavy atom. The quantitative estimate of drug-likeness (QED) is 0.713. The number of aromatic amines is 1. The van der Waals surface area contributed by atoms with Crippen molar-refractivity contribution in [1.82, 2.24) is 15.5 Å². The second-order valence-corrected chi connectivity index (χ2v) is 6.63. The van der Waals surface area contributed by atoms with Crippen LogP contribution in [0.15, 0.2) is 53.3 Å². The summed E-state index contributed by atoms with van der Waals surface area (Å²) in [5.41, 5.74) is 0.335. The van der Waals surface area contributed by atoms with Crippen molar-refractivity contribution in [3.8, 4) is 0 Å². The Balaban J connectivity index is 2.03. The van der Waals surface area contributed by atoms with Crippen LogP contribution in [0.25, 0.3) is 10.8 Å². The van der Waals surface area contributed by atoms with Crippen molar-refractivity contribution < 1.29 is 4.79 Å². The Kier molecular flexibility index (Phi) is 5.09. The first-order chi connectivity index (χ1) is 12.5. The molecule has 134 valence electrons. The summed E-state index contributed by atoms with van der Waals surface area (Å²) < 4.78 is 0. The minimum atomic E-state index is -0.541. The van der Waals surface area contributed by atoms with Gasteiger partial charge in [0.1, 0.15) is 0 Å². The van der Waals surface area contributed by atoms with Gasteiger partial charge in [0, 0.05) is 10.4 Å². The minimum Gasteiger partial charge on any atom is -0.341 e. The first-order valence-corrected chi connectivity index (χ1v) is 8.94. The summed E-state index contributed by atoms with van der Waals surface area (Å²) in [7, 11) is 0. The van der Waals surface area contributed by atoms with Crippen molar-refractivity contribution in [2.24, 2.45) is 0 Å². The second-order valence-electron chi connectivity index (χ2n) is 6.20. The molecule has 0 aliphatic rings. The summed E-state index contributed by atoms with van der Waals surface area (Å²) in [5, 5.41) is 11.2. The van der Waals surface area contributed by atoms with Crippen LogP contribution in [0.5, 0.6) is 0 Å². The molecule has 0 radical (unpaired) electrons. The van der Waals surface area contributed by atoms with Crippen LogP contribution >= 0.6 is 11.6 Å². The lowest BCUT2D eigenvalue weighted by molar-refractivity contribution is 0.0885. The van der Waals surface area contributed by atoms with Crippen LogP contribution in [0, 0.1) is 0 Å². The Morgan fingerprint density at radius 3 is 2.31 bits per heavy atom.